The number of nitrogens with one attached hydrogen (secondary N) is 2. The van der Waals surface area contributed by atoms with Crippen LogP contribution in [0.5, 0.6) is 0 Å². The number of ether oxygens (including phenoxy) is 1. The SMILES string of the molecule is CC(C)OCCCNc1nc2ccccc2nc1NS(=O)(=O)c1cnn(C)c1. The van der Waals surface area contributed by atoms with Crippen LogP contribution in [0.25, 0.3) is 11.0 Å². The Labute approximate surface area is 164 Å². The molecule has 2 heterocycles. The Bertz CT molecular complexity index is 1050. The lowest BCUT2D eigenvalue weighted by atomic mass is 10.3. The molecule has 10 heteroatoms. The van der Waals surface area contributed by atoms with Gasteiger partial charge in [0.25, 0.3) is 10.0 Å². The van der Waals surface area contributed by atoms with Gasteiger partial charge in [-0.3, -0.25) is 9.40 Å². The van der Waals surface area contributed by atoms with Crippen molar-refractivity contribution in [2.45, 2.75) is 31.3 Å². The van der Waals surface area contributed by atoms with Crippen molar-refractivity contribution in [2.24, 2.45) is 7.05 Å². The molecule has 0 saturated heterocycles. The van der Waals surface area contributed by atoms with Gasteiger partial charge in [0.2, 0.25) is 0 Å². The molecule has 0 fully saturated rings. The molecule has 0 bridgehead atoms. The summed E-state index contributed by atoms with van der Waals surface area (Å²) in [7, 11) is -2.18. The molecule has 3 rings (SSSR count). The number of aryl methyl sites for hydroxylation is 1. The number of fused-ring (bicyclic) bond motifs is 1. The van der Waals surface area contributed by atoms with E-state index in [9.17, 15) is 8.42 Å². The molecular weight excluding hydrogens is 380 g/mol. The lowest BCUT2D eigenvalue weighted by Gasteiger charge is -2.13. The maximum atomic E-state index is 12.7. The van der Waals surface area contributed by atoms with Crippen molar-refractivity contribution >= 4 is 32.7 Å². The van der Waals surface area contributed by atoms with E-state index in [-0.39, 0.29) is 16.8 Å². The smallest absolute Gasteiger partial charge is 0.266 e. The van der Waals surface area contributed by atoms with E-state index in [0.29, 0.717) is 30.0 Å². The number of hydrogen-bond acceptors (Lipinski definition) is 7. The molecule has 0 aliphatic heterocycles. The normalized spacial score (nSPS) is 11.9. The number of para-hydroxylation sites is 2. The summed E-state index contributed by atoms with van der Waals surface area (Å²) in [6.07, 6.45) is 3.63. The first-order valence-corrected chi connectivity index (χ1v) is 10.5. The van der Waals surface area contributed by atoms with E-state index in [2.05, 4.69) is 25.1 Å². The van der Waals surface area contributed by atoms with Gasteiger partial charge in [-0.1, -0.05) is 12.1 Å². The van der Waals surface area contributed by atoms with E-state index in [0.717, 1.165) is 6.42 Å². The highest BCUT2D eigenvalue weighted by Gasteiger charge is 2.20. The summed E-state index contributed by atoms with van der Waals surface area (Å²) in [5.74, 6) is 0.517. The molecule has 0 aliphatic rings. The number of anilines is 2. The molecule has 1 aromatic carbocycles. The van der Waals surface area contributed by atoms with Gasteiger partial charge in [0.1, 0.15) is 4.90 Å². The van der Waals surface area contributed by atoms with E-state index >= 15 is 0 Å². The third-order valence-corrected chi connectivity index (χ3v) is 5.15. The van der Waals surface area contributed by atoms with Crippen LogP contribution in [0.3, 0.4) is 0 Å². The fourth-order valence-corrected chi connectivity index (χ4v) is 3.51. The standard InChI is InChI=1S/C18H24N6O3S/c1-13(2)27-10-6-9-19-17-18(22-16-8-5-4-7-15(16)21-17)23-28(25,26)14-11-20-24(3)12-14/h4-5,7-8,11-13H,6,9-10H2,1-3H3,(H,19,21)(H,22,23). The first kappa shape index (κ1) is 20.0. The first-order chi connectivity index (χ1) is 13.3. The van der Waals surface area contributed by atoms with Crippen molar-refractivity contribution < 1.29 is 13.2 Å². The summed E-state index contributed by atoms with van der Waals surface area (Å²) < 4.78 is 34.8. The van der Waals surface area contributed by atoms with Crippen LogP contribution in [0.4, 0.5) is 11.6 Å². The van der Waals surface area contributed by atoms with Gasteiger partial charge in [-0.15, -0.1) is 0 Å². The van der Waals surface area contributed by atoms with E-state index in [1.807, 2.05) is 32.0 Å². The largest absolute Gasteiger partial charge is 0.379 e. The summed E-state index contributed by atoms with van der Waals surface area (Å²) >= 11 is 0. The van der Waals surface area contributed by atoms with Gasteiger partial charge in [0.15, 0.2) is 11.6 Å². The van der Waals surface area contributed by atoms with E-state index in [4.69, 9.17) is 4.74 Å². The second kappa shape index (κ2) is 8.53. The minimum absolute atomic E-state index is 0.0567. The summed E-state index contributed by atoms with van der Waals surface area (Å²) in [6, 6.07) is 7.29. The van der Waals surface area contributed by atoms with Gasteiger partial charge in [0.05, 0.1) is 23.3 Å². The van der Waals surface area contributed by atoms with E-state index in [1.54, 1.807) is 13.1 Å². The lowest BCUT2D eigenvalue weighted by molar-refractivity contribution is 0.0787. The molecule has 9 nitrogen and oxygen atoms in total. The van der Waals surface area contributed by atoms with Gasteiger partial charge in [-0.05, 0) is 32.4 Å². The Morgan fingerprint density at radius 3 is 2.43 bits per heavy atom. The quantitative estimate of drug-likeness (QED) is 0.527. The molecule has 0 aliphatic carbocycles. The molecule has 2 aromatic heterocycles. The van der Waals surface area contributed by atoms with Crippen molar-refractivity contribution in [1.29, 1.82) is 0 Å². The molecule has 2 N–H and O–H groups in total. The monoisotopic (exact) mass is 404 g/mol. The molecule has 0 unspecified atom stereocenters. The number of sulfonamides is 1. The summed E-state index contributed by atoms with van der Waals surface area (Å²) in [6.45, 7) is 5.13. The Morgan fingerprint density at radius 2 is 1.82 bits per heavy atom. The molecular formula is C18H24N6O3S. The zero-order valence-electron chi connectivity index (χ0n) is 16.1. The minimum atomic E-state index is -3.83. The number of benzene rings is 1. The highest BCUT2D eigenvalue weighted by atomic mass is 32.2. The molecule has 0 radical (unpaired) electrons. The van der Waals surface area contributed by atoms with Crippen LogP contribution in [0.1, 0.15) is 20.3 Å². The van der Waals surface area contributed by atoms with Crippen LogP contribution in [0, 0.1) is 0 Å². The maximum absolute atomic E-state index is 12.7. The summed E-state index contributed by atoms with van der Waals surface area (Å²) in [5, 5.41) is 7.07. The topological polar surface area (TPSA) is 111 Å². The Kier molecular flexibility index (Phi) is 6.10. The molecule has 0 amide bonds. The first-order valence-electron chi connectivity index (χ1n) is 8.99. The molecule has 28 heavy (non-hydrogen) atoms. The minimum Gasteiger partial charge on any atom is -0.379 e. The fraction of sp³-hybridized carbons (Fsp3) is 0.389. The second-order valence-electron chi connectivity index (χ2n) is 6.56. The van der Waals surface area contributed by atoms with Crippen molar-refractivity contribution in [3.63, 3.8) is 0 Å². The number of aromatic nitrogens is 4. The van der Waals surface area contributed by atoms with Gasteiger partial charge < -0.3 is 10.1 Å². The van der Waals surface area contributed by atoms with Crippen molar-refractivity contribution in [2.75, 3.05) is 23.2 Å². The van der Waals surface area contributed by atoms with Gasteiger partial charge in [-0.2, -0.15) is 5.10 Å². The summed E-state index contributed by atoms with van der Waals surface area (Å²) in [5.41, 5.74) is 1.27. The molecule has 0 spiro atoms. The Hall–Kier alpha value is -2.72. The van der Waals surface area contributed by atoms with E-state index in [1.165, 1.54) is 17.1 Å². The summed E-state index contributed by atoms with van der Waals surface area (Å²) in [4.78, 5) is 9.03. The Balaban J connectivity index is 1.84. The fourth-order valence-electron chi connectivity index (χ4n) is 2.52. The molecule has 150 valence electrons. The van der Waals surface area contributed by atoms with Gasteiger partial charge in [0, 0.05) is 26.4 Å². The number of nitrogens with zero attached hydrogens (tertiary/aromatic N) is 4. The number of hydrogen-bond donors (Lipinski definition) is 2. The third kappa shape index (κ3) is 4.96. The zero-order valence-corrected chi connectivity index (χ0v) is 16.9. The van der Waals surface area contributed by atoms with Crippen molar-refractivity contribution in [3.8, 4) is 0 Å². The van der Waals surface area contributed by atoms with Gasteiger partial charge in [-0.25, -0.2) is 18.4 Å². The van der Waals surface area contributed by atoms with E-state index < -0.39 is 10.0 Å². The lowest BCUT2D eigenvalue weighted by Crippen LogP contribution is -2.17. The van der Waals surface area contributed by atoms with Crippen LogP contribution in [-0.2, 0) is 21.8 Å². The maximum Gasteiger partial charge on any atom is 0.266 e. The zero-order chi connectivity index (χ0) is 20.1. The van der Waals surface area contributed by atoms with Crippen LogP contribution >= 0.6 is 0 Å². The molecule has 3 aromatic rings. The van der Waals surface area contributed by atoms with Crippen LogP contribution in [-0.4, -0.2) is 47.4 Å². The molecule has 0 saturated carbocycles. The average Bonchev–Trinajstić information content (AvgIpc) is 3.08. The Morgan fingerprint density at radius 1 is 1.14 bits per heavy atom. The predicted molar refractivity (Wildman–Crippen MR) is 108 cm³/mol. The highest BCUT2D eigenvalue weighted by Crippen LogP contribution is 2.24. The van der Waals surface area contributed by atoms with Crippen LogP contribution in [0.2, 0.25) is 0 Å². The second-order valence-corrected chi connectivity index (χ2v) is 8.25. The van der Waals surface area contributed by atoms with Gasteiger partial charge >= 0.3 is 0 Å². The van der Waals surface area contributed by atoms with Crippen molar-refractivity contribution in [1.82, 2.24) is 19.7 Å². The highest BCUT2D eigenvalue weighted by molar-refractivity contribution is 7.92. The number of rotatable bonds is 9. The van der Waals surface area contributed by atoms with Crippen LogP contribution in [0.15, 0.2) is 41.6 Å². The third-order valence-electron chi connectivity index (χ3n) is 3.86. The van der Waals surface area contributed by atoms with Crippen LogP contribution < -0.4 is 10.0 Å². The molecule has 0 atom stereocenters. The average molecular weight is 404 g/mol. The predicted octanol–water partition coefficient (Wildman–Crippen LogP) is 2.39. The van der Waals surface area contributed by atoms with Crippen molar-refractivity contribution in [3.05, 3.63) is 36.7 Å².